The lowest BCUT2D eigenvalue weighted by Crippen LogP contribution is -2.12. The summed E-state index contributed by atoms with van der Waals surface area (Å²) in [6, 6.07) is 32.8. The van der Waals surface area contributed by atoms with Crippen LogP contribution >= 0.6 is 0 Å². The van der Waals surface area contributed by atoms with Gasteiger partial charge in [-0.1, -0.05) is 60.7 Å². The van der Waals surface area contributed by atoms with Crippen molar-refractivity contribution in [3.8, 4) is 0 Å². The van der Waals surface area contributed by atoms with Gasteiger partial charge < -0.3 is 21.3 Å². The van der Waals surface area contributed by atoms with Gasteiger partial charge in [0.15, 0.2) is 0 Å². The summed E-state index contributed by atoms with van der Waals surface area (Å²) < 4.78 is 0. The molecule has 4 N–H and O–H groups in total. The average Bonchev–Trinajstić information content (AvgIpc) is 2.98. The summed E-state index contributed by atoms with van der Waals surface area (Å²) in [5.41, 5.74) is 4.58. The lowest BCUT2D eigenvalue weighted by atomic mass is 10.0. The van der Waals surface area contributed by atoms with Gasteiger partial charge in [0.25, 0.3) is 0 Å². The van der Waals surface area contributed by atoms with Crippen molar-refractivity contribution in [2.75, 3.05) is 21.3 Å². The van der Waals surface area contributed by atoms with Crippen LogP contribution in [0.5, 0.6) is 0 Å². The zero-order valence-corrected chi connectivity index (χ0v) is 22.0. The van der Waals surface area contributed by atoms with Gasteiger partial charge in [0.2, 0.25) is 23.6 Å². The highest BCUT2D eigenvalue weighted by molar-refractivity contribution is 6.07. The Morgan fingerprint density at radius 1 is 0.390 bits per heavy atom. The Kier molecular flexibility index (Phi) is 9.93. The van der Waals surface area contributed by atoms with E-state index in [0.717, 1.165) is 11.1 Å². The van der Waals surface area contributed by atoms with Crippen molar-refractivity contribution >= 4 is 46.4 Å². The average molecular weight is 545 g/mol. The maximum absolute atomic E-state index is 12.2. The van der Waals surface area contributed by atoms with Gasteiger partial charge in [0.05, 0.1) is 0 Å². The Bertz CT molecular complexity index is 1430. The van der Waals surface area contributed by atoms with Gasteiger partial charge in [-0.3, -0.25) is 19.2 Å². The molecule has 0 unspecified atom stereocenters. The molecule has 0 aliphatic carbocycles. The minimum Gasteiger partial charge on any atom is -0.323 e. The lowest BCUT2D eigenvalue weighted by molar-refractivity contribution is -0.114. The number of hydrogen-bond acceptors (Lipinski definition) is 4. The quantitative estimate of drug-likeness (QED) is 0.196. The Morgan fingerprint density at radius 3 is 0.951 bits per heavy atom. The Hall–Kier alpha value is -5.76. The Balaban J connectivity index is 1.21. The predicted octanol–water partition coefficient (Wildman–Crippen LogP) is 5.54. The second kappa shape index (κ2) is 14.4. The molecule has 0 aromatic heterocycles. The van der Waals surface area contributed by atoms with Crippen LogP contribution in [0.25, 0.3) is 0 Å². The van der Waals surface area contributed by atoms with Crippen molar-refractivity contribution in [3.05, 3.63) is 145 Å². The molecule has 0 radical (unpaired) electrons. The van der Waals surface area contributed by atoms with Crippen LogP contribution in [0.3, 0.4) is 0 Å². The molecule has 0 bridgehead atoms. The van der Waals surface area contributed by atoms with Crippen molar-refractivity contribution in [1.82, 2.24) is 0 Å². The second-order valence-corrected chi connectivity index (χ2v) is 8.93. The first-order chi connectivity index (χ1) is 19.9. The van der Waals surface area contributed by atoms with E-state index < -0.39 is 23.6 Å². The van der Waals surface area contributed by atoms with Crippen LogP contribution in [0, 0.1) is 0 Å². The van der Waals surface area contributed by atoms with Gasteiger partial charge in [0.1, 0.15) is 0 Å². The number of carbonyl (C=O) groups is 4. The van der Waals surface area contributed by atoms with E-state index in [1.54, 1.807) is 48.5 Å². The SMILES string of the molecule is O=C(C=CC(=O)Nc1ccc(Cc2ccc(NC(=O)C=CC(=O)Nc3ccccc3)cc2)cc1)Nc1ccccc1. The van der Waals surface area contributed by atoms with Crippen LogP contribution < -0.4 is 21.3 Å². The van der Waals surface area contributed by atoms with E-state index in [4.69, 9.17) is 0 Å². The van der Waals surface area contributed by atoms with Gasteiger partial charge in [0, 0.05) is 47.1 Å². The molecule has 8 nitrogen and oxygen atoms in total. The van der Waals surface area contributed by atoms with Crippen LogP contribution in [-0.4, -0.2) is 23.6 Å². The fourth-order valence-corrected chi connectivity index (χ4v) is 3.73. The molecule has 4 amide bonds. The summed E-state index contributed by atoms with van der Waals surface area (Å²) in [5, 5.41) is 10.8. The molecule has 4 aromatic carbocycles. The van der Waals surface area contributed by atoms with E-state index in [2.05, 4.69) is 21.3 Å². The molecule has 0 saturated heterocycles. The summed E-state index contributed by atoms with van der Waals surface area (Å²) in [5.74, 6) is -1.61. The summed E-state index contributed by atoms with van der Waals surface area (Å²) in [6.45, 7) is 0. The number of rotatable bonds is 10. The van der Waals surface area contributed by atoms with Crippen molar-refractivity contribution in [1.29, 1.82) is 0 Å². The highest BCUT2D eigenvalue weighted by Crippen LogP contribution is 2.16. The first kappa shape index (κ1) is 28.3. The minimum atomic E-state index is -0.412. The third kappa shape index (κ3) is 9.81. The first-order valence-corrected chi connectivity index (χ1v) is 12.8. The Morgan fingerprint density at radius 2 is 0.659 bits per heavy atom. The zero-order valence-electron chi connectivity index (χ0n) is 22.0. The van der Waals surface area contributed by atoms with Gasteiger partial charge in [-0.15, -0.1) is 0 Å². The van der Waals surface area contributed by atoms with Gasteiger partial charge >= 0.3 is 0 Å². The summed E-state index contributed by atoms with van der Waals surface area (Å²) in [6.07, 6.45) is 5.38. The molecular weight excluding hydrogens is 516 g/mol. The summed E-state index contributed by atoms with van der Waals surface area (Å²) in [7, 11) is 0. The molecule has 204 valence electrons. The van der Waals surface area contributed by atoms with E-state index in [9.17, 15) is 19.2 Å². The maximum Gasteiger partial charge on any atom is 0.248 e. The monoisotopic (exact) mass is 544 g/mol. The highest BCUT2D eigenvalue weighted by Gasteiger charge is 2.04. The molecule has 0 heterocycles. The van der Waals surface area contributed by atoms with Crippen molar-refractivity contribution < 1.29 is 19.2 Å². The number of hydrogen-bond donors (Lipinski definition) is 4. The molecular formula is C33H28N4O4. The third-order valence-corrected chi connectivity index (χ3v) is 5.71. The van der Waals surface area contributed by atoms with Crippen LogP contribution in [0.1, 0.15) is 11.1 Å². The predicted molar refractivity (Wildman–Crippen MR) is 161 cm³/mol. The third-order valence-electron chi connectivity index (χ3n) is 5.71. The molecule has 8 heteroatoms. The second-order valence-electron chi connectivity index (χ2n) is 8.93. The molecule has 0 atom stereocenters. The van der Waals surface area contributed by atoms with E-state index in [1.807, 2.05) is 60.7 Å². The zero-order chi connectivity index (χ0) is 28.9. The van der Waals surface area contributed by atoms with Gasteiger partial charge in [-0.25, -0.2) is 0 Å². The molecule has 0 fully saturated rings. The minimum absolute atomic E-state index is 0.394. The van der Waals surface area contributed by atoms with Gasteiger partial charge in [-0.2, -0.15) is 0 Å². The van der Waals surface area contributed by atoms with Crippen molar-refractivity contribution in [2.45, 2.75) is 6.42 Å². The molecule has 4 rings (SSSR count). The maximum atomic E-state index is 12.2. The molecule has 41 heavy (non-hydrogen) atoms. The fourth-order valence-electron chi connectivity index (χ4n) is 3.73. The van der Waals surface area contributed by atoms with Crippen LogP contribution in [0.2, 0.25) is 0 Å². The van der Waals surface area contributed by atoms with E-state index in [0.29, 0.717) is 29.2 Å². The van der Waals surface area contributed by atoms with Crippen LogP contribution in [0.15, 0.2) is 133 Å². The fraction of sp³-hybridized carbons (Fsp3) is 0.0303. The lowest BCUT2D eigenvalue weighted by Gasteiger charge is -2.07. The Labute approximate surface area is 237 Å². The topological polar surface area (TPSA) is 116 Å². The summed E-state index contributed by atoms with van der Waals surface area (Å²) in [4.78, 5) is 48.3. The summed E-state index contributed by atoms with van der Waals surface area (Å²) >= 11 is 0. The van der Waals surface area contributed by atoms with E-state index in [-0.39, 0.29) is 0 Å². The van der Waals surface area contributed by atoms with E-state index in [1.165, 1.54) is 24.3 Å². The smallest absolute Gasteiger partial charge is 0.248 e. The first-order valence-electron chi connectivity index (χ1n) is 12.8. The highest BCUT2D eigenvalue weighted by atomic mass is 16.2. The number of carbonyl (C=O) groups excluding carboxylic acids is 4. The molecule has 0 saturated carbocycles. The van der Waals surface area contributed by atoms with Crippen molar-refractivity contribution in [3.63, 3.8) is 0 Å². The molecule has 0 spiro atoms. The molecule has 0 aliphatic heterocycles. The number of para-hydroxylation sites is 2. The largest absolute Gasteiger partial charge is 0.323 e. The van der Waals surface area contributed by atoms with Crippen LogP contribution in [-0.2, 0) is 25.6 Å². The van der Waals surface area contributed by atoms with Crippen molar-refractivity contribution in [2.24, 2.45) is 0 Å². The normalized spacial score (nSPS) is 10.7. The number of benzene rings is 4. The standard InChI is InChI=1S/C33H28N4O4/c38-30(34-26-7-3-1-4-8-26)19-21-32(40)36-28-15-11-24(12-16-28)23-25-13-17-29(18-14-25)37-33(41)22-20-31(39)35-27-9-5-2-6-10-27/h1-22H,23H2,(H,34,38)(H,35,39)(H,36,40)(H,37,41). The van der Waals surface area contributed by atoms with Crippen LogP contribution in [0.4, 0.5) is 22.7 Å². The number of nitrogens with one attached hydrogen (secondary N) is 4. The number of amides is 4. The molecule has 4 aromatic rings. The van der Waals surface area contributed by atoms with E-state index >= 15 is 0 Å². The van der Waals surface area contributed by atoms with Gasteiger partial charge in [-0.05, 0) is 66.1 Å². The number of anilines is 4. The molecule has 0 aliphatic rings.